The Morgan fingerprint density at radius 1 is 1.47 bits per heavy atom. The van der Waals surface area contributed by atoms with Gasteiger partial charge in [-0.05, 0) is 37.8 Å². The number of carbonyl (C=O) groups is 1. The van der Waals surface area contributed by atoms with E-state index in [0.717, 1.165) is 17.8 Å². The highest BCUT2D eigenvalue weighted by Crippen LogP contribution is 2.24. The van der Waals surface area contributed by atoms with Crippen LogP contribution in [0, 0.1) is 12.8 Å². The van der Waals surface area contributed by atoms with Gasteiger partial charge in [-0.1, -0.05) is 19.1 Å². The van der Waals surface area contributed by atoms with E-state index in [0.29, 0.717) is 24.2 Å². The molecule has 1 aromatic rings. The fourth-order valence-corrected chi connectivity index (χ4v) is 2.83. The molecule has 1 fully saturated rings. The second-order valence-corrected chi connectivity index (χ2v) is 5.71. The number of para-hydroxylation sites is 1. The van der Waals surface area contributed by atoms with Crippen LogP contribution in [0.1, 0.15) is 25.8 Å². The Morgan fingerprint density at radius 2 is 2.21 bits per heavy atom. The van der Waals surface area contributed by atoms with Crippen molar-refractivity contribution in [2.24, 2.45) is 5.92 Å². The number of hydrogen-bond acceptors (Lipinski definition) is 3. The zero-order valence-corrected chi connectivity index (χ0v) is 11.9. The monoisotopic (exact) mass is 261 g/mol. The standard InChI is InChI=1S/C15H23N3O/c1-10-7-12(3)18(8-10)9-14(19)17-15-11(2)5-4-6-13(15)16/h4-6,10,12H,7-9,16H2,1-3H3,(H,17,19). The first-order valence-electron chi connectivity index (χ1n) is 6.86. The lowest BCUT2D eigenvalue weighted by molar-refractivity contribution is -0.117. The van der Waals surface area contributed by atoms with Crippen LogP contribution < -0.4 is 11.1 Å². The van der Waals surface area contributed by atoms with E-state index in [1.807, 2.05) is 25.1 Å². The van der Waals surface area contributed by atoms with Gasteiger partial charge in [0, 0.05) is 12.6 Å². The minimum atomic E-state index is 0.0157. The molecule has 1 aliphatic heterocycles. The number of nitrogens with two attached hydrogens (primary N) is 1. The first kappa shape index (κ1) is 13.9. The van der Waals surface area contributed by atoms with Gasteiger partial charge in [-0.15, -0.1) is 0 Å². The first-order valence-corrected chi connectivity index (χ1v) is 6.86. The van der Waals surface area contributed by atoms with E-state index in [2.05, 4.69) is 24.1 Å². The Bertz CT molecular complexity index is 452. The molecule has 4 heteroatoms. The van der Waals surface area contributed by atoms with Gasteiger partial charge in [0.1, 0.15) is 0 Å². The Kier molecular flexibility index (Phi) is 4.10. The molecule has 0 aromatic heterocycles. The smallest absolute Gasteiger partial charge is 0.238 e. The van der Waals surface area contributed by atoms with Crippen LogP contribution in [-0.4, -0.2) is 29.9 Å². The number of amides is 1. The Balaban J connectivity index is 1.98. The summed E-state index contributed by atoms with van der Waals surface area (Å²) < 4.78 is 0. The number of nitrogens with zero attached hydrogens (tertiary/aromatic N) is 1. The van der Waals surface area contributed by atoms with Gasteiger partial charge in [0.15, 0.2) is 0 Å². The number of nitrogens with one attached hydrogen (secondary N) is 1. The summed E-state index contributed by atoms with van der Waals surface area (Å²) in [6.45, 7) is 7.80. The topological polar surface area (TPSA) is 58.4 Å². The molecule has 1 aromatic carbocycles. The lowest BCUT2D eigenvalue weighted by Gasteiger charge is -2.21. The van der Waals surface area contributed by atoms with E-state index < -0.39 is 0 Å². The van der Waals surface area contributed by atoms with Crippen LogP contribution >= 0.6 is 0 Å². The summed E-state index contributed by atoms with van der Waals surface area (Å²) in [5.41, 5.74) is 8.26. The summed E-state index contributed by atoms with van der Waals surface area (Å²) in [5, 5.41) is 2.94. The van der Waals surface area contributed by atoms with Gasteiger partial charge in [0.2, 0.25) is 5.91 Å². The Hall–Kier alpha value is -1.55. The molecule has 3 N–H and O–H groups in total. The van der Waals surface area contributed by atoms with Crippen LogP contribution in [0.3, 0.4) is 0 Å². The van der Waals surface area contributed by atoms with Crippen molar-refractivity contribution >= 4 is 17.3 Å². The molecule has 2 atom stereocenters. The van der Waals surface area contributed by atoms with E-state index in [9.17, 15) is 4.79 Å². The summed E-state index contributed by atoms with van der Waals surface area (Å²) >= 11 is 0. The lowest BCUT2D eigenvalue weighted by atomic mass is 10.1. The average Bonchev–Trinajstić information content (AvgIpc) is 2.63. The molecule has 1 aliphatic rings. The SMILES string of the molecule is Cc1cccc(N)c1NC(=O)CN1CC(C)CC1C. The van der Waals surface area contributed by atoms with Crippen LogP contribution in [0.5, 0.6) is 0 Å². The zero-order valence-electron chi connectivity index (χ0n) is 11.9. The van der Waals surface area contributed by atoms with Crippen molar-refractivity contribution in [3.05, 3.63) is 23.8 Å². The van der Waals surface area contributed by atoms with Crippen molar-refractivity contribution in [1.29, 1.82) is 0 Å². The third-order valence-corrected chi connectivity index (χ3v) is 3.83. The summed E-state index contributed by atoms with van der Waals surface area (Å²) in [5.74, 6) is 0.688. The van der Waals surface area contributed by atoms with Gasteiger partial charge in [-0.25, -0.2) is 0 Å². The number of nitrogen functional groups attached to an aromatic ring is 1. The quantitative estimate of drug-likeness (QED) is 0.820. The molecule has 0 spiro atoms. The second-order valence-electron chi connectivity index (χ2n) is 5.71. The molecule has 104 valence electrons. The van der Waals surface area contributed by atoms with Crippen molar-refractivity contribution in [3.8, 4) is 0 Å². The average molecular weight is 261 g/mol. The van der Waals surface area contributed by atoms with Crippen LogP contribution in [-0.2, 0) is 4.79 Å². The first-order chi connectivity index (χ1) is 8.97. The predicted molar refractivity (Wildman–Crippen MR) is 79.0 cm³/mol. The van der Waals surface area contributed by atoms with E-state index in [-0.39, 0.29) is 5.91 Å². The maximum Gasteiger partial charge on any atom is 0.238 e. The van der Waals surface area contributed by atoms with Gasteiger partial charge < -0.3 is 11.1 Å². The molecule has 1 heterocycles. The van der Waals surface area contributed by atoms with Crippen molar-refractivity contribution < 1.29 is 4.79 Å². The molecule has 0 radical (unpaired) electrons. The van der Waals surface area contributed by atoms with Crippen molar-refractivity contribution in [1.82, 2.24) is 4.90 Å². The number of anilines is 2. The summed E-state index contributed by atoms with van der Waals surface area (Å²) in [6.07, 6.45) is 1.17. The third-order valence-electron chi connectivity index (χ3n) is 3.83. The van der Waals surface area contributed by atoms with Gasteiger partial charge in [0.25, 0.3) is 0 Å². The highest BCUT2D eigenvalue weighted by atomic mass is 16.2. The maximum atomic E-state index is 12.1. The van der Waals surface area contributed by atoms with Gasteiger partial charge in [-0.3, -0.25) is 9.69 Å². The fraction of sp³-hybridized carbons (Fsp3) is 0.533. The van der Waals surface area contributed by atoms with Crippen LogP contribution in [0.4, 0.5) is 11.4 Å². The Labute approximate surface area is 115 Å². The molecule has 1 amide bonds. The van der Waals surface area contributed by atoms with Crippen molar-refractivity contribution in [3.63, 3.8) is 0 Å². The molecule has 19 heavy (non-hydrogen) atoms. The molecule has 0 saturated carbocycles. The molecular weight excluding hydrogens is 238 g/mol. The normalized spacial score (nSPS) is 23.5. The molecule has 2 rings (SSSR count). The molecule has 1 saturated heterocycles. The van der Waals surface area contributed by atoms with Gasteiger partial charge in [0.05, 0.1) is 17.9 Å². The largest absolute Gasteiger partial charge is 0.397 e. The maximum absolute atomic E-state index is 12.1. The molecule has 2 unspecified atom stereocenters. The molecule has 0 bridgehead atoms. The summed E-state index contributed by atoms with van der Waals surface area (Å²) in [4.78, 5) is 14.3. The summed E-state index contributed by atoms with van der Waals surface area (Å²) in [6, 6.07) is 6.13. The zero-order chi connectivity index (χ0) is 14.0. The molecule has 0 aliphatic carbocycles. The minimum absolute atomic E-state index is 0.0157. The number of aryl methyl sites for hydroxylation is 1. The van der Waals surface area contributed by atoms with Crippen LogP contribution in [0.15, 0.2) is 18.2 Å². The van der Waals surface area contributed by atoms with Crippen LogP contribution in [0.2, 0.25) is 0 Å². The lowest BCUT2D eigenvalue weighted by Crippen LogP contribution is -2.35. The molecular formula is C15H23N3O. The van der Waals surface area contributed by atoms with E-state index >= 15 is 0 Å². The second kappa shape index (κ2) is 5.61. The highest BCUT2D eigenvalue weighted by molar-refractivity contribution is 5.96. The van der Waals surface area contributed by atoms with Gasteiger partial charge in [-0.2, -0.15) is 0 Å². The van der Waals surface area contributed by atoms with Crippen molar-refractivity contribution in [2.45, 2.75) is 33.2 Å². The van der Waals surface area contributed by atoms with Crippen LogP contribution in [0.25, 0.3) is 0 Å². The third kappa shape index (κ3) is 3.26. The number of likely N-dealkylation sites (tertiary alicyclic amines) is 1. The number of carbonyl (C=O) groups excluding carboxylic acids is 1. The number of hydrogen-bond donors (Lipinski definition) is 2. The van der Waals surface area contributed by atoms with E-state index in [1.165, 1.54) is 6.42 Å². The van der Waals surface area contributed by atoms with E-state index in [1.54, 1.807) is 0 Å². The number of rotatable bonds is 3. The minimum Gasteiger partial charge on any atom is -0.397 e. The van der Waals surface area contributed by atoms with Gasteiger partial charge >= 0.3 is 0 Å². The predicted octanol–water partition coefficient (Wildman–Crippen LogP) is 2.25. The van der Waals surface area contributed by atoms with E-state index in [4.69, 9.17) is 5.73 Å². The van der Waals surface area contributed by atoms with Crippen molar-refractivity contribution in [2.75, 3.05) is 24.1 Å². The summed E-state index contributed by atoms with van der Waals surface area (Å²) in [7, 11) is 0. The number of benzene rings is 1. The molecule has 4 nitrogen and oxygen atoms in total. The Morgan fingerprint density at radius 3 is 2.79 bits per heavy atom. The highest BCUT2D eigenvalue weighted by Gasteiger charge is 2.27. The fourth-order valence-electron chi connectivity index (χ4n) is 2.83.